The van der Waals surface area contributed by atoms with Gasteiger partial charge in [0.2, 0.25) is 0 Å². The van der Waals surface area contributed by atoms with Crippen molar-refractivity contribution in [3.63, 3.8) is 0 Å². The summed E-state index contributed by atoms with van der Waals surface area (Å²) in [6.07, 6.45) is 0.686. The van der Waals surface area contributed by atoms with Crippen molar-refractivity contribution in [1.29, 1.82) is 0 Å². The molecule has 14 heavy (non-hydrogen) atoms. The highest BCUT2D eigenvalue weighted by Crippen LogP contribution is 2.45. The lowest BCUT2D eigenvalue weighted by Gasteiger charge is -2.40. The zero-order valence-electron chi connectivity index (χ0n) is 8.57. The summed E-state index contributed by atoms with van der Waals surface area (Å²) in [6, 6.07) is 0.0490. The van der Waals surface area contributed by atoms with Crippen LogP contribution in [0.15, 0.2) is 0 Å². The standard InChI is InChI=1S/C8H15ClNO3P/c1-6(2)10-5-4-7(3)13-8(10,9)14(11)12/h6-7H,4-5H2,1-3H3/t7?,8-/m0/s1. The van der Waals surface area contributed by atoms with E-state index in [1.807, 2.05) is 20.8 Å². The van der Waals surface area contributed by atoms with Crippen LogP contribution < -0.4 is 4.89 Å². The lowest BCUT2D eigenvalue weighted by molar-refractivity contribution is -0.206. The van der Waals surface area contributed by atoms with E-state index in [0.717, 1.165) is 6.42 Å². The molecule has 1 fully saturated rings. The Balaban J connectivity index is 2.88. The molecule has 6 heteroatoms. The molecule has 0 bridgehead atoms. The van der Waals surface area contributed by atoms with Gasteiger partial charge in [0, 0.05) is 12.6 Å². The molecule has 1 rings (SSSR count). The maximum absolute atomic E-state index is 11.1. The second-order valence-corrected chi connectivity index (χ2v) is 5.69. The van der Waals surface area contributed by atoms with Crippen LogP contribution in [0.25, 0.3) is 0 Å². The first-order valence-corrected chi connectivity index (χ1v) is 6.21. The number of halogens is 1. The van der Waals surface area contributed by atoms with Crippen molar-refractivity contribution in [1.82, 2.24) is 4.90 Å². The van der Waals surface area contributed by atoms with Crippen LogP contribution in [0.3, 0.4) is 0 Å². The Labute approximate surface area is 90.1 Å². The third-order valence-electron chi connectivity index (χ3n) is 2.33. The molecule has 0 aromatic carbocycles. The normalized spacial score (nSPS) is 36.1. The van der Waals surface area contributed by atoms with Gasteiger partial charge in [0.25, 0.3) is 0 Å². The third-order valence-corrected chi connectivity index (χ3v) is 3.86. The Kier molecular flexibility index (Phi) is 3.89. The Morgan fingerprint density at radius 3 is 2.71 bits per heavy atom. The van der Waals surface area contributed by atoms with Crippen LogP contribution in [-0.4, -0.2) is 28.5 Å². The summed E-state index contributed by atoms with van der Waals surface area (Å²) in [5.41, 5.74) is 0. The summed E-state index contributed by atoms with van der Waals surface area (Å²) in [7, 11) is -2.83. The fourth-order valence-corrected chi connectivity index (χ4v) is 2.80. The Morgan fingerprint density at radius 1 is 1.71 bits per heavy atom. The zero-order valence-corrected chi connectivity index (χ0v) is 10.2. The second kappa shape index (κ2) is 4.42. The van der Waals surface area contributed by atoms with Crippen LogP contribution in [0.4, 0.5) is 0 Å². The van der Waals surface area contributed by atoms with Gasteiger partial charge in [0.05, 0.1) is 6.10 Å². The van der Waals surface area contributed by atoms with Crippen molar-refractivity contribution in [2.75, 3.05) is 6.54 Å². The van der Waals surface area contributed by atoms with E-state index in [1.54, 1.807) is 4.90 Å². The van der Waals surface area contributed by atoms with Crippen LogP contribution in [0.5, 0.6) is 0 Å². The van der Waals surface area contributed by atoms with Gasteiger partial charge in [-0.1, -0.05) is 4.57 Å². The van der Waals surface area contributed by atoms with Gasteiger partial charge >= 0.3 is 13.0 Å². The van der Waals surface area contributed by atoms with Gasteiger partial charge in [0.1, 0.15) is 0 Å². The number of hydrogen-bond donors (Lipinski definition) is 0. The third kappa shape index (κ3) is 2.26. The number of hydrogen-bond acceptors (Lipinski definition) is 4. The summed E-state index contributed by atoms with van der Waals surface area (Å²) in [6.45, 7) is 6.27. The van der Waals surface area contributed by atoms with Gasteiger partial charge in [0.15, 0.2) is 0 Å². The zero-order chi connectivity index (χ0) is 10.9. The van der Waals surface area contributed by atoms with E-state index in [0.29, 0.717) is 6.54 Å². The monoisotopic (exact) mass is 239 g/mol. The number of rotatable bonds is 2. The van der Waals surface area contributed by atoms with Crippen molar-refractivity contribution in [2.45, 2.75) is 44.3 Å². The number of alkyl halides is 1. The van der Waals surface area contributed by atoms with Gasteiger partial charge in [-0.25, -0.2) is 4.90 Å². The summed E-state index contributed by atoms with van der Waals surface area (Å²) in [5.74, 6) is 0. The van der Waals surface area contributed by atoms with Gasteiger partial charge in [-0.3, -0.25) is 0 Å². The Bertz CT molecular complexity index is 239. The van der Waals surface area contributed by atoms with Crippen molar-refractivity contribution >= 4 is 19.6 Å². The summed E-state index contributed by atoms with van der Waals surface area (Å²) in [4.78, 5) is 11.1. The molecule has 2 unspecified atom stereocenters. The first-order valence-electron chi connectivity index (χ1n) is 4.66. The Hall–Kier alpha value is 0.270. The fraction of sp³-hybridized carbons (Fsp3) is 1.00. The highest BCUT2D eigenvalue weighted by molar-refractivity contribution is 7.40. The molecule has 3 atom stereocenters. The van der Waals surface area contributed by atoms with Crippen molar-refractivity contribution in [3.8, 4) is 0 Å². The highest BCUT2D eigenvalue weighted by atomic mass is 35.5. The Morgan fingerprint density at radius 2 is 2.29 bits per heavy atom. The summed E-state index contributed by atoms with van der Waals surface area (Å²) >= 11 is 5.97. The van der Waals surface area contributed by atoms with E-state index in [4.69, 9.17) is 16.3 Å². The van der Waals surface area contributed by atoms with E-state index < -0.39 is 13.0 Å². The average Bonchev–Trinajstić information content (AvgIpc) is 2.02. The lowest BCUT2D eigenvalue weighted by atomic mass is 10.2. The molecular formula is C8H15ClNO3P. The van der Waals surface area contributed by atoms with E-state index in [-0.39, 0.29) is 12.1 Å². The molecule has 0 radical (unpaired) electrons. The van der Waals surface area contributed by atoms with Crippen LogP contribution in [0.2, 0.25) is 0 Å². The van der Waals surface area contributed by atoms with Crippen molar-refractivity contribution < 1.29 is 14.2 Å². The molecule has 82 valence electrons. The smallest absolute Gasteiger partial charge is 0.402 e. The van der Waals surface area contributed by atoms with Crippen LogP contribution in [-0.2, 0) is 9.30 Å². The van der Waals surface area contributed by atoms with E-state index >= 15 is 0 Å². The quantitative estimate of drug-likeness (QED) is 0.416. The van der Waals surface area contributed by atoms with E-state index in [1.165, 1.54) is 0 Å². The molecule has 0 amide bonds. The fourth-order valence-electron chi connectivity index (χ4n) is 1.57. The average molecular weight is 240 g/mol. The first-order chi connectivity index (χ1) is 6.38. The molecule has 0 saturated carbocycles. The molecule has 0 spiro atoms. The molecule has 1 heterocycles. The molecule has 0 N–H and O–H groups in total. The van der Waals surface area contributed by atoms with Crippen LogP contribution in [0.1, 0.15) is 27.2 Å². The molecule has 1 aliphatic rings. The number of nitrogens with zero attached hydrogens (tertiary/aromatic N) is 1. The van der Waals surface area contributed by atoms with Gasteiger partial charge in [-0.05, 0) is 38.8 Å². The summed E-state index contributed by atoms with van der Waals surface area (Å²) in [5, 5.41) is 0. The van der Waals surface area contributed by atoms with Crippen molar-refractivity contribution in [2.24, 2.45) is 0 Å². The van der Waals surface area contributed by atoms with Gasteiger partial charge in [-0.15, -0.1) is 0 Å². The predicted octanol–water partition coefficient (Wildman–Crippen LogP) is 1.46. The van der Waals surface area contributed by atoms with Crippen LogP contribution in [0, 0.1) is 0 Å². The van der Waals surface area contributed by atoms with E-state index in [2.05, 4.69) is 0 Å². The maximum atomic E-state index is 11.1. The molecule has 0 aliphatic carbocycles. The lowest BCUT2D eigenvalue weighted by Crippen LogP contribution is -2.54. The molecule has 0 aromatic rings. The first kappa shape index (κ1) is 12.3. The summed E-state index contributed by atoms with van der Waals surface area (Å²) < 4.78 is 16.4. The minimum atomic E-state index is -2.83. The molecule has 0 aromatic heterocycles. The minimum Gasteiger partial charge on any atom is -0.591 e. The van der Waals surface area contributed by atoms with Crippen molar-refractivity contribution in [3.05, 3.63) is 0 Å². The minimum absolute atomic E-state index is 0.0490. The highest BCUT2D eigenvalue weighted by Gasteiger charge is 2.53. The molecular weight excluding hydrogens is 225 g/mol. The largest absolute Gasteiger partial charge is 0.591 e. The maximum Gasteiger partial charge on any atom is 0.402 e. The predicted molar refractivity (Wildman–Crippen MR) is 53.2 cm³/mol. The molecule has 4 nitrogen and oxygen atoms in total. The van der Waals surface area contributed by atoms with Gasteiger partial charge in [-0.2, -0.15) is 0 Å². The van der Waals surface area contributed by atoms with Crippen LogP contribution >= 0.6 is 19.6 Å². The molecule has 1 saturated heterocycles. The second-order valence-electron chi connectivity index (χ2n) is 3.79. The van der Waals surface area contributed by atoms with E-state index in [9.17, 15) is 9.46 Å². The topological polar surface area (TPSA) is 52.6 Å². The molecule has 1 aliphatic heterocycles. The van der Waals surface area contributed by atoms with Gasteiger partial charge < -0.3 is 9.63 Å². The SMILES string of the molecule is CC1CCN(C(C)C)[C@](Cl)([P+](=O)[O-])O1. The number of ether oxygens (including phenoxy) is 1.